The number of anilines is 1. The number of rotatable bonds is 4. The Morgan fingerprint density at radius 2 is 2.32 bits per heavy atom. The summed E-state index contributed by atoms with van der Waals surface area (Å²) in [5.74, 6) is -0.420. The Labute approximate surface area is 116 Å². The van der Waals surface area contributed by atoms with E-state index in [1.54, 1.807) is 29.1 Å². The summed E-state index contributed by atoms with van der Waals surface area (Å²) >= 11 is 5.89. The van der Waals surface area contributed by atoms with Gasteiger partial charge in [-0.3, -0.25) is 4.68 Å². The zero-order valence-electron chi connectivity index (χ0n) is 10.7. The van der Waals surface area contributed by atoms with Crippen LogP contribution in [0.4, 0.5) is 5.69 Å². The van der Waals surface area contributed by atoms with Crippen molar-refractivity contribution in [2.45, 2.75) is 6.54 Å². The first-order valence-electron chi connectivity index (χ1n) is 5.69. The summed E-state index contributed by atoms with van der Waals surface area (Å²) in [6, 6.07) is 5.06. The van der Waals surface area contributed by atoms with Crippen molar-refractivity contribution < 1.29 is 9.53 Å². The molecule has 5 nitrogen and oxygen atoms in total. The van der Waals surface area contributed by atoms with Crippen LogP contribution in [0.25, 0.3) is 0 Å². The highest BCUT2D eigenvalue weighted by Crippen LogP contribution is 2.22. The van der Waals surface area contributed by atoms with Crippen molar-refractivity contribution in [3.63, 3.8) is 0 Å². The van der Waals surface area contributed by atoms with E-state index in [1.165, 1.54) is 7.11 Å². The Morgan fingerprint density at radius 3 is 2.95 bits per heavy atom. The smallest absolute Gasteiger partial charge is 0.340 e. The molecule has 1 aromatic heterocycles. The van der Waals surface area contributed by atoms with Gasteiger partial charge in [0.2, 0.25) is 0 Å². The molecular formula is C13H14ClN3O2. The van der Waals surface area contributed by atoms with Gasteiger partial charge in [0, 0.05) is 36.1 Å². The average molecular weight is 280 g/mol. The number of esters is 1. The number of carbonyl (C=O) groups excluding carboxylic acids is 1. The summed E-state index contributed by atoms with van der Waals surface area (Å²) in [5.41, 5.74) is 2.12. The molecule has 0 unspecified atom stereocenters. The van der Waals surface area contributed by atoms with Crippen molar-refractivity contribution in [3.8, 4) is 0 Å². The summed E-state index contributed by atoms with van der Waals surface area (Å²) < 4.78 is 6.46. The van der Waals surface area contributed by atoms with E-state index in [-0.39, 0.29) is 0 Å². The Hall–Kier alpha value is -2.01. The van der Waals surface area contributed by atoms with Crippen LogP contribution in [-0.4, -0.2) is 22.9 Å². The van der Waals surface area contributed by atoms with Gasteiger partial charge in [0.05, 0.1) is 18.9 Å². The van der Waals surface area contributed by atoms with Gasteiger partial charge >= 0.3 is 5.97 Å². The fraction of sp³-hybridized carbons (Fsp3) is 0.231. The molecule has 0 atom stereocenters. The van der Waals surface area contributed by atoms with Crippen LogP contribution >= 0.6 is 11.6 Å². The molecule has 19 heavy (non-hydrogen) atoms. The van der Waals surface area contributed by atoms with E-state index in [0.717, 1.165) is 5.56 Å². The fourth-order valence-electron chi connectivity index (χ4n) is 1.71. The van der Waals surface area contributed by atoms with Gasteiger partial charge in [-0.05, 0) is 18.2 Å². The summed E-state index contributed by atoms with van der Waals surface area (Å²) in [7, 11) is 3.19. The van der Waals surface area contributed by atoms with Crippen molar-refractivity contribution in [2.24, 2.45) is 7.05 Å². The molecule has 6 heteroatoms. The molecule has 1 heterocycles. The van der Waals surface area contributed by atoms with E-state index in [9.17, 15) is 4.79 Å². The number of nitrogens with one attached hydrogen (secondary N) is 1. The Morgan fingerprint density at radius 1 is 1.53 bits per heavy atom. The maximum Gasteiger partial charge on any atom is 0.340 e. The zero-order chi connectivity index (χ0) is 13.8. The van der Waals surface area contributed by atoms with Crippen LogP contribution in [0.3, 0.4) is 0 Å². The van der Waals surface area contributed by atoms with Gasteiger partial charge in [-0.25, -0.2) is 4.79 Å². The molecule has 0 aliphatic rings. The van der Waals surface area contributed by atoms with E-state index in [4.69, 9.17) is 16.3 Å². The Bertz CT molecular complexity index is 595. The van der Waals surface area contributed by atoms with Crippen LogP contribution in [0.2, 0.25) is 5.02 Å². The molecule has 0 saturated carbocycles. The molecule has 0 bridgehead atoms. The lowest BCUT2D eigenvalue weighted by molar-refractivity contribution is 0.0602. The Balaban J connectivity index is 2.17. The number of benzene rings is 1. The number of aryl methyl sites for hydroxylation is 1. The second-order valence-corrected chi connectivity index (χ2v) is 4.49. The number of halogens is 1. The van der Waals surface area contributed by atoms with Crippen molar-refractivity contribution >= 4 is 23.3 Å². The number of hydrogen-bond donors (Lipinski definition) is 1. The summed E-state index contributed by atoms with van der Waals surface area (Å²) in [6.07, 6.45) is 3.67. The molecule has 0 radical (unpaired) electrons. The minimum absolute atomic E-state index is 0.416. The van der Waals surface area contributed by atoms with Gasteiger partial charge in [0.25, 0.3) is 0 Å². The van der Waals surface area contributed by atoms with Gasteiger partial charge in [0.15, 0.2) is 0 Å². The van der Waals surface area contributed by atoms with Crippen molar-refractivity contribution in [3.05, 3.63) is 46.7 Å². The molecule has 2 aromatic rings. The Kier molecular flexibility index (Phi) is 4.06. The number of hydrogen-bond acceptors (Lipinski definition) is 4. The van der Waals surface area contributed by atoms with Crippen LogP contribution < -0.4 is 5.32 Å². The van der Waals surface area contributed by atoms with Crippen LogP contribution in [0.5, 0.6) is 0 Å². The summed E-state index contributed by atoms with van der Waals surface area (Å²) in [5, 5.41) is 7.75. The van der Waals surface area contributed by atoms with Gasteiger partial charge < -0.3 is 10.1 Å². The molecule has 0 aliphatic heterocycles. The first-order valence-corrected chi connectivity index (χ1v) is 6.07. The van der Waals surface area contributed by atoms with Crippen LogP contribution in [0.1, 0.15) is 15.9 Å². The normalized spacial score (nSPS) is 10.3. The third kappa shape index (κ3) is 3.26. The predicted molar refractivity (Wildman–Crippen MR) is 73.3 cm³/mol. The molecule has 0 saturated heterocycles. The second-order valence-electron chi connectivity index (χ2n) is 4.06. The van der Waals surface area contributed by atoms with Crippen molar-refractivity contribution in [1.29, 1.82) is 0 Å². The van der Waals surface area contributed by atoms with E-state index < -0.39 is 5.97 Å². The van der Waals surface area contributed by atoms with E-state index in [1.807, 2.05) is 13.2 Å². The van der Waals surface area contributed by atoms with Crippen molar-refractivity contribution in [2.75, 3.05) is 12.4 Å². The highest BCUT2D eigenvalue weighted by molar-refractivity contribution is 6.31. The lowest BCUT2D eigenvalue weighted by Crippen LogP contribution is -2.08. The first kappa shape index (κ1) is 13.4. The van der Waals surface area contributed by atoms with Gasteiger partial charge in [-0.15, -0.1) is 0 Å². The molecule has 0 aliphatic carbocycles. The van der Waals surface area contributed by atoms with Crippen molar-refractivity contribution in [1.82, 2.24) is 9.78 Å². The van der Waals surface area contributed by atoms with Crippen LogP contribution in [0.15, 0.2) is 30.6 Å². The maximum absolute atomic E-state index is 11.7. The largest absolute Gasteiger partial charge is 0.465 e. The molecular weight excluding hydrogens is 266 g/mol. The molecule has 1 aromatic carbocycles. The number of ether oxygens (including phenoxy) is 1. The predicted octanol–water partition coefficient (Wildman–Crippen LogP) is 2.47. The lowest BCUT2D eigenvalue weighted by Gasteiger charge is -2.10. The minimum Gasteiger partial charge on any atom is -0.465 e. The van der Waals surface area contributed by atoms with E-state index in [0.29, 0.717) is 22.8 Å². The van der Waals surface area contributed by atoms with Gasteiger partial charge in [0.1, 0.15) is 0 Å². The molecule has 0 amide bonds. The lowest BCUT2D eigenvalue weighted by atomic mass is 10.1. The third-order valence-corrected chi connectivity index (χ3v) is 2.86. The minimum atomic E-state index is -0.420. The number of aromatic nitrogens is 2. The van der Waals surface area contributed by atoms with E-state index in [2.05, 4.69) is 10.4 Å². The summed E-state index contributed by atoms with van der Waals surface area (Å²) in [4.78, 5) is 11.7. The second kappa shape index (κ2) is 5.75. The molecule has 100 valence electrons. The number of carbonyl (C=O) groups is 1. The molecule has 1 N–H and O–H groups in total. The summed E-state index contributed by atoms with van der Waals surface area (Å²) in [6.45, 7) is 0.569. The van der Waals surface area contributed by atoms with Crippen LogP contribution in [0, 0.1) is 0 Å². The first-order chi connectivity index (χ1) is 9.10. The molecule has 0 spiro atoms. The molecule has 0 fully saturated rings. The highest BCUT2D eigenvalue weighted by atomic mass is 35.5. The number of nitrogens with zero attached hydrogens (tertiary/aromatic N) is 2. The fourth-order valence-corrected chi connectivity index (χ4v) is 1.88. The highest BCUT2D eigenvalue weighted by Gasteiger charge is 2.12. The average Bonchev–Trinajstić information content (AvgIpc) is 2.82. The topological polar surface area (TPSA) is 56.1 Å². The molecule has 2 rings (SSSR count). The SMILES string of the molecule is COC(=O)c1cc(Cl)ccc1NCc1cnn(C)c1. The maximum atomic E-state index is 11.7. The third-order valence-electron chi connectivity index (χ3n) is 2.63. The van der Waals surface area contributed by atoms with Crippen LogP contribution in [-0.2, 0) is 18.3 Å². The quantitative estimate of drug-likeness (QED) is 0.874. The van der Waals surface area contributed by atoms with Gasteiger partial charge in [-0.1, -0.05) is 11.6 Å². The zero-order valence-corrected chi connectivity index (χ0v) is 11.4. The van der Waals surface area contributed by atoms with Gasteiger partial charge in [-0.2, -0.15) is 5.10 Å². The number of methoxy groups -OCH3 is 1. The monoisotopic (exact) mass is 279 g/mol. The van der Waals surface area contributed by atoms with E-state index >= 15 is 0 Å². The standard InChI is InChI=1S/C13H14ClN3O2/c1-17-8-9(7-16-17)6-15-12-4-3-10(14)5-11(12)13(18)19-2/h3-5,7-8,15H,6H2,1-2H3.